The zero-order valence-electron chi connectivity index (χ0n) is 8.60. The van der Waals surface area contributed by atoms with Gasteiger partial charge in [-0.15, -0.1) is 0 Å². The van der Waals surface area contributed by atoms with Crippen LogP contribution in [0.4, 0.5) is 13.2 Å². The summed E-state index contributed by atoms with van der Waals surface area (Å²) in [6.07, 6.45) is -2.32. The van der Waals surface area contributed by atoms with Crippen LogP contribution < -0.4 is 0 Å². The molecule has 2 nitrogen and oxygen atoms in total. The summed E-state index contributed by atoms with van der Waals surface area (Å²) in [5.41, 5.74) is -2.30. The molecule has 0 radical (unpaired) electrons. The summed E-state index contributed by atoms with van der Waals surface area (Å²) < 4.78 is 38.4. The quantitative estimate of drug-likeness (QED) is 0.804. The lowest BCUT2D eigenvalue weighted by Gasteiger charge is -2.36. The van der Waals surface area contributed by atoms with Crippen molar-refractivity contribution < 1.29 is 23.1 Å². The molecular weight excluding hydrogens is 289 g/mol. The lowest BCUT2D eigenvalue weighted by atomic mass is 9.70. The molecule has 90 valence electrons. The van der Waals surface area contributed by atoms with Crippen LogP contribution in [0.2, 0.25) is 0 Å². The van der Waals surface area contributed by atoms with Crippen LogP contribution in [0.3, 0.4) is 0 Å². The summed E-state index contributed by atoms with van der Waals surface area (Å²) in [6, 6.07) is 0. The molecule has 1 rings (SSSR count). The van der Waals surface area contributed by atoms with Crippen LogP contribution >= 0.6 is 15.9 Å². The first-order valence-electron chi connectivity index (χ1n) is 4.46. The smallest absolute Gasteiger partial charge is 0.413 e. The van der Waals surface area contributed by atoms with Crippen LogP contribution in [0.25, 0.3) is 0 Å². The first kappa shape index (κ1) is 13.3. The van der Waals surface area contributed by atoms with Crippen molar-refractivity contribution in [3.63, 3.8) is 0 Å². The average molecular weight is 299 g/mol. The third-order valence-electron chi connectivity index (χ3n) is 2.65. The minimum absolute atomic E-state index is 0.145. The highest BCUT2D eigenvalue weighted by atomic mass is 79.9. The van der Waals surface area contributed by atoms with Gasteiger partial charge in [0.05, 0.1) is 5.92 Å². The van der Waals surface area contributed by atoms with Gasteiger partial charge in [-0.3, -0.25) is 4.79 Å². The number of halogens is 4. The maximum absolute atomic E-state index is 12.7. The number of hydrogen-bond acceptors (Lipinski definition) is 1. The second-order valence-corrected chi connectivity index (χ2v) is 5.06. The number of rotatable bonds is 1. The molecule has 1 aliphatic carbocycles. The van der Waals surface area contributed by atoms with Crippen molar-refractivity contribution in [2.24, 2.45) is 11.3 Å². The Labute approximate surface area is 99.0 Å². The molecule has 0 saturated heterocycles. The van der Waals surface area contributed by atoms with Crippen molar-refractivity contribution in [1.29, 1.82) is 0 Å². The van der Waals surface area contributed by atoms with Crippen molar-refractivity contribution in [2.45, 2.75) is 20.0 Å². The molecule has 0 bridgehead atoms. The van der Waals surface area contributed by atoms with E-state index < -0.39 is 29.1 Å². The van der Waals surface area contributed by atoms with Crippen LogP contribution in [0.5, 0.6) is 0 Å². The molecule has 6 heteroatoms. The monoisotopic (exact) mass is 298 g/mol. The average Bonchev–Trinajstić information content (AvgIpc) is 2.05. The first-order valence-corrected chi connectivity index (χ1v) is 5.25. The highest BCUT2D eigenvalue weighted by Crippen LogP contribution is 2.48. The van der Waals surface area contributed by atoms with E-state index in [2.05, 4.69) is 15.9 Å². The molecule has 16 heavy (non-hydrogen) atoms. The van der Waals surface area contributed by atoms with Crippen LogP contribution in [0.1, 0.15) is 13.8 Å². The molecule has 0 aromatic rings. The Hall–Kier alpha value is -0.780. The Morgan fingerprint density at radius 1 is 1.50 bits per heavy atom. The molecule has 1 unspecified atom stereocenters. The number of hydrogen-bond donors (Lipinski definition) is 1. The van der Waals surface area contributed by atoms with E-state index in [-0.39, 0.29) is 4.48 Å². The van der Waals surface area contributed by atoms with Gasteiger partial charge in [-0.05, 0) is 6.08 Å². The van der Waals surface area contributed by atoms with Crippen LogP contribution in [0.15, 0.2) is 22.2 Å². The van der Waals surface area contributed by atoms with Crippen LogP contribution in [-0.4, -0.2) is 17.3 Å². The predicted octanol–water partition coefficient (Wildman–Crippen LogP) is 3.49. The summed E-state index contributed by atoms with van der Waals surface area (Å²) in [5.74, 6) is -2.46. The molecule has 1 N–H and O–H groups in total. The zero-order chi connectivity index (χ0) is 12.7. The molecular formula is C10H10BrF3O2. The van der Waals surface area contributed by atoms with Gasteiger partial charge in [0.25, 0.3) is 0 Å². The second kappa shape index (κ2) is 3.91. The van der Waals surface area contributed by atoms with Crippen molar-refractivity contribution in [3.8, 4) is 0 Å². The van der Waals surface area contributed by atoms with Gasteiger partial charge in [0.2, 0.25) is 0 Å². The highest BCUT2D eigenvalue weighted by Gasteiger charge is 2.50. The van der Waals surface area contributed by atoms with Gasteiger partial charge in [0, 0.05) is 15.5 Å². The Morgan fingerprint density at radius 2 is 2.00 bits per heavy atom. The summed E-state index contributed by atoms with van der Waals surface area (Å²) in [4.78, 5) is 10.9. The molecule has 0 aromatic carbocycles. The van der Waals surface area contributed by atoms with E-state index in [1.165, 1.54) is 19.9 Å². The second-order valence-electron chi connectivity index (χ2n) is 4.14. The fraction of sp³-hybridized carbons (Fsp3) is 0.500. The molecule has 0 spiro atoms. The van der Waals surface area contributed by atoms with E-state index in [9.17, 15) is 18.0 Å². The first-order chi connectivity index (χ1) is 7.06. The number of carboxylic acid groups (broad SMARTS) is 1. The number of carbonyl (C=O) groups is 1. The maximum atomic E-state index is 12.7. The number of carboxylic acids is 1. The molecule has 0 heterocycles. The van der Waals surface area contributed by atoms with Crippen LogP contribution in [-0.2, 0) is 4.79 Å². The highest BCUT2D eigenvalue weighted by molar-refractivity contribution is 9.11. The molecule has 0 aromatic heterocycles. The standard InChI is InChI=1S/C10H10BrF3O2/c1-9(2)6(8(15)16)3-5(11)4-7(9)10(12,13)14/h3-4,6H,1-2H3,(H,15,16). The molecule has 1 aliphatic rings. The van der Waals surface area contributed by atoms with E-state index in [1.54, 1.807) is 0 Å². The summed E-state index contributed by atoms with van der Waals surface area (Å²) in [6.45, 7) is 2.56. The normalized spacial score (nSPS) is 24.8. The van der Waals surface area contributed by atoms with Gasteiger partial charge in [-0.25, -0.2) is 0 Å². The Balaban J connectivity index is 3.30. The van der Waals surface area contributed by atoms with Gasteiger partial charge in [0.1, 0.15) is 0 Å². The fourth-order valence-corrected chi connectivity index (χ4v) is 2.23. The van der Waals surface area contributed by atoms with Gasteiger partial charge in [-0.1, -0.05) is 35.9 Å². The Morgan fingerprint density at radius 3 is 2.38 bits per heavy atom. The third-order valence-corrected chi connectivity index (χ3v) is 3.14. The largest absolute Gasteiger partial charge is 0.481 e. The predicted molar refractivity (Wildman–Crippen MR) is 56.1 cm³/mol. The zero-order valence-corrected chi connectivity index (χ0v) is 10.2. The molecule has 0 fully saturated rings. The van der Waals surface area contributed by atoms with E-state index in [1.807, 2.05) is 0 Å². The fourth-order valence-electron chi connectivity index (χ4n) is 1.73. The van der Waals surface area contributed by atoms with Crippen molar-refractivity contribution in [1.82, 2.24) is 0 Å². The van der Waals surface area contributed by atoms with Crippen molar-refractivity contribution >= 4 is 21.9 Å². The SMILES string of the molecule is CC1(C)C(C(F)(F)F)=CC(Br)=CC1C(=O)O. The lowest BCUT2D eigenvalue weighted by molar-refractivity contribution is -0.145. The van der Waals surface area contributed by atoms with Crippen molar-refractivity contribution in [2.75, 3.05) is 0 Å². The molecule has 0 aliphatic heterocycles. The van der Waals surface area contributed by atoms with E-state index >= 15 is 0 Å². The minimum atomic E-state index is -4.52. The maximum Gasteiger partial charge on any atom is 0.413 e. The topological polar surface area (TPSA) is 37.3 Å². The van der Waals surface area contributed by atoms with Crippen LogP contribution in [0, 0.1) is 11.3 Å². The minimum Gasteiger partial charge on any atom is -0.481 e. The van der Waals surface area contributed by atoms with Gasteiger partial charge in [0.15, 0.2) is 0 Å². The molecule has 1 atom stereocenters. The Kier molecular flexibility index (Phi) is 3.24. The summed E-state index contributed by atoms with van der Waals surface area (Å²) in [5, 5.41) is 8.92. The lowest BCUT2D eigenvalue weighted by Crippen LogP contribution is -2.38. The van der Waals surface area contributed by atoms with Gasteiger partial charge < -0.3 is 5.11 Å². The van der Waals surface area contributed by atoms with E-state index in [0.717, 1.165) is 6.08 Å². The van der Waals surface area contributed by atoms with E-state index in [4.69, 9.17) is 5.11 Å². The summed E-state index contributed by atoms with van der Waals surface area (Å²) in [7, 11) is 0. The van der Waals surface area contributed by atoms with Gasteiger partial charge in [-0.2, -0.15) is 13.2 Å². The number of alkyl halides is 3. The van der Waals surface area contributed by atoms with E-state index in [0.29, 0.717) is 0 Å². The van der Waals surface area contributed by atoms with Crippen molar-refractivity contribution in [3.05, 3.63) is 22.2 Å². The third kappa shape index (κ3) is 2.31. The molecule has 0 saturated carbocycles. The number of allylic oxidation sites excluding steroid dienone is 3. The Bertz CT molecular complexity index is 380. The number of aliphatic carboxylic acids is 1. The molecule has 0 amide bonds. The van der Waals surface area contributed by atoms with Gasteiger partial charge >= 0.3 is 12.1 Å². The summed E-state index contributed by atoms with van der Waals surface area (Å²) >= 11 is 2.90.